The van der Waals surface area contributed by atoms with Crippen molar-refractivity contribution >= 4 is 5.91 Å². The van der Waals surface area contributed by atoms with Crippen LogP contribution in [0.5, 0.6) is 0 Å². The second-order valence-corrected chi connectivity index (χ2v) is 4.94. The monoisotopic (exact) mass is 266 g/mol. The summed E-state index contributed by atoms with van der Waals surface area (Å²) >= 11 is 0. The third-order valence-electron chi connectivity index (χ3n) is 3.02. The maximum Gasteiger partial charge on any atom is 0.265 e. The Kier molecular flexibility index (Phi) is 5.95. The second kappa shape index (κ2) is 7.23. The van der Waals surface area contributed by atoms with E-state index < -0.39 is 0 Å². The average molecular weight is 266 g/mol. The minimum atomic E-state index is -0.297. The normalized spacial score (nSPS) is 11.4. The zero-order chi connectivity index (χ0) is 14.3. The number of nitrogens with one attached hydrogen (secondary N) is 1. The van der Waals surface area contributed by atoms with E-state index >= 15 is 0 Å². The molecule has 0 bridgehead atoms. The summed E-state index contributed by atoms with van der Waals surface area (Å²) in [7, 11) is 1.70. The number of benzene rings is 1. The second-order valence-electron chi connectivity index (χ2n) is 4.94. The Labute approximate surface area is 114 Å². The van der Waals surface area contributed by atoms with E-state index in [4.69, 9.17) is 15.3 Å². The standard InChI is InChI=1S/C14H22N2O3/c1-14(2,18-3)8-9-19-10-11-4-6-12(7-5-11)13(17)16-15/h4-7H,8-10,15H2,1-3H3,(H,16,17). The van der Waals surface area contributed by atoms with Crippen LogP contribution in [0, 0.1) is 0 Å². The lowest BCUT2D eigenvalue weighted by Gasteiger charge is -2.22. The maximum atomic E-state index is 11.2. The van der Waals surface area contributed by atoms with E-state index in [1.165, 1.54) is 0 Å². The molecule has 5 nitrogen and oxygen atoms in total. The van der Waals surface area contributed by atoms with Gasteiger partial charge in [-0.15, -0.1) is 0 Å². The molecule has 0 aromatic heterocycles. The van der Waals surface area contributed by atoms with Gasteiger partial charge in [0.15, 0.2) is 0 Å². The van der Waals surface area contributed by atoms with Crippen LogP contribution in [0.3, 0.4) is 0 Å². The van der Waals surface area contributed by atoms with E-state index in [1.807, 2.05) is 26.0 Å². The summed E-state index contributed by atoms with van der Waals surface area (Å²) in [5, 5.41) is 0. The largest absolute Gasteiger partial charge is 0.379 e. The Morgan fingerprint density at radius 1 is 1.32 bits per heavy atom. The van der Waals surface area contributed by atoms with Gasteiger partial charge in [0.05, 0.1) is 12.2 Å². The van der Waals surface area contributed by atoms with Gasteiger partial charge in [-0.3, -0.25) is 10.2 Å². The topological polar surface area (TPSA) is 73.6 Å². The van der Waals surface area contributed by atoms with Gasteiger partial charge in [-0.05, 0) is 38.0 Å². The van der Waals surface area contributed by atoms with Crippen LogP contribution in [-0.4, -0.2) is 25.2 Å². The lowest BCUT2D eigenvalue weighted by Crippen LogP contribution is -2.29. The van der Waals surface area contributed by atoms with Crippen molar-refractivity contribution < 1.29 is 14.3 Å². The predicted molar refractivity (Wildman–Crippen MR) is 73.5 cm³/mol. The number of carbonyl (C=O) groups excluding carboxylic acids is 1. The minimum Gasteiger partial charge on any atom is -0.379 e. The molecule has 0 aliphatic carbocycles. The molecule has 1 aromatic carbocycles. The smallest absolute Gasteiger partial charge is 0.265 e. The van der Waals surface area contributed by atoms with Crippen molar-refractivity contribution in [2.24, 2.45) is 5.84 Å². The third-order valence-corrected chi connectivity index (χ3v) is 3.02. The summed E-state index contributed by atoms with van der Waals surface area (Å²) in [5.41, 5.74) is 3.48. The molecule has 0 heterocycles. The molecule has 5 heteroatoms. The van der Waals surface area contributed by atoms with E-state index in [-0.39, 0.29) is 11.5 Å². The van der Waals surface area contributed by atoms with Crippen LogP contribution in [0.4, 0.5) is 0 Å². The first-order valence-corrected chi connectivity index (χ1v) is 6.21. The molecule has 0 fully saturated rings. The summed E-state index contributed by atoms with van der Waals surface area (Å²) in [6.45, 7) is 5.20. The third kappa shape index (κ3) is 5.38. The summed E-state index contributed by atoms with van der Waals surface area (Å²) in [6, 6.07) is 7.15. The van der Waals surface area contributed by atoms with Crippen molar-refractivity contribution in [2.45, 2.75) is 32.5 Å². The van der Waals surface area contributed by atoms with Crippen LogP contribution in [0.1, 0.15) is 36.2 Å². The molecule has 3 N–H and O–H groups in total. The van der Waals surface area contributed by atoms with Gasteiger partial charge in [0.1, 0.15) is 0 Å². The number of hydrogen-bond donors (Lipinski definition) is 2. The van der Waals surface area contributed by atoms with Crippen LogP contribution >= 0.6 is 0 Å². The van der Waals surface area contributed by atoms with Crippen molar-refractivity contribution in [1.29, 1.82) is 0 Å². The number of nitrogens with two attached hydrogens (primary N) is 1. The van der Waals surface area contributed by atoms with Gasteiger partial charge in [-0.25, -0.2) is 5.84 Å². The summed E-state index contributed by atoms with van der Waals surface area (Å²) in [4.78, 5) is 11.2. The maximum absolute atomic E-state index is 11.2. The lowest BCUT2D eigenvalue weighted by atomic mass is 10.1. The Hall–Kier alpha value is -1.43. The summed E-state index contributed by atoms with van der Waals surface area (Å²) in [5.74, 6) is 4.76. The molecule has 0 aliphatic rings. The quantitative estimate of drug-likeness (QED) is 0.340. The number of rotatable bonds is 7. The highest BCUT2D eigenvalue weighted by atomic mass is 16.5. The molecule has 0 aliphatic heterocycles. The van der Waals surface area contributed by atoms with Gasteiger partial charge in [0.2, 0.25) is 0 Å². The molecule has 0 saturated carbocycles. The number of ether oxygens (including phenoxy) is 2. The van der Waals surface area contributed by atoms with E-state index in [2.05, 4.69) is 5.43 Å². The Balaban J connectivity index is 2.36. The Bertz CT molecular complexity index is 402. The Morgan fingerprint density at radius 2 is 1.95 bits per heavy atom. The number of hydrazine groups is 1. The van der Waals surface area contributed by atoms with E-state index in [0.717, 1.165) is 12.0 Å². The highest BCUT2D eigenvalue weighted by Gasteiger charge is 2.15. The minimum absolute atomic E-state index is 0.164. The molecule has 0 unspecified atom stereocenters. The number of methoxy groups -OCH3 is 1. The molecule has 1 rings (SSSR count). The molecule has 0 atom stereocenters. The van der Waals surface area contributed by atoms with Crippen molar-refractivity contribution in [3.8, 4) is 0 Å². The number of carbonyl (C=O) groups is 1. The first kappa shape index (κ1) is 15.6. The first-order valence-electron chi connectivity index (χ1n) is 6.21. The lowest BCUT2D eigenvalue weighted by molar-refractivity contribution is -0.0124. The van der Waals surface area contributed by atoms with Crippen LogP contribution < -0.4 is 11.3 Å². The van der Waals surface area contributed by atoms with Crippen LogP contribution in [-0.2, 0) is 16.1 Å². The fraction of sp³-hybridized carbons (Fsp3) is 0.500. The molecule has 1 amide bonds. The molecular formula is C14H22N2O3. The zero-order valence-corrected chi connectivity index (χ0v) is 11.7. The molecular weight excluding hydrogens is 244 g/mol. The van der Waals surface area contributed by atoms with E-state index in [1.54, 1.807) is 19.2 Å². The molecule has 0 spiro atoms. The van der Waals surface area contributed by atoms with Crippen molar-refractivity contribution in [2.75, 3.05) is 13.7 Å². The van der Waals surface area contributed by atoms with Gasteiger partial charge >= 0.3 is 0 Å². The average Bonchev–Trinajstić information content (AvgIpc) is 2.43. The summed E-state index contributed by atoms with van der Waals surface area (Å²) in [6.07, 6.45) is 0.831. The van der Waals surface area contributed by atoms with Crippen LogP contribution in [0.15, 0.2) is 24.3 Å². The Morgan fingerprint density at radius 3 is 2.47 bits per heavy atom. The SMILES string of the molecule is COC(C)(C)CCOCc1ccc(C(=O)NN)cc1. The van der Waals surface area contributed by atoms with Gasteiger partial charge < -0.3 is 9.47 Å². The first-order chi connectivity index (χ1) is 8.98. The van der Waals surface area contributed by atoms with Gasteiger partial charge in [-0.2, -0.15) is 0 Å². The molecule has 0 radical (unpaired) electrons. The van der Waals surface area contributed by atoms with E-state index in [0.29, 0.717) is 18.8 Å². The predicted octanol–water partition coefficient (Wildman–Crippen LogP) is 1.62. The van der Waals surface area contributed by atoms with Crippen LogP contribution in [0.25, 0.3) is 0 Å². The zero-order valence-electron chi connectivity index (χ0n) is 11.7. The molecule has 0 saturated heterocycles. The van der Waals surface area contributed by atoms with Crippen molar-refractivity contribution in [3.05, 3.63) is 35.4 Å². The van der Waals surface area contributed by atoms with Gasteiger partial charge in [0, 0.05) is 19.3 Å². The van der Waals surface area contributed by atoms with Gasteiger partial charge in [-0.1, -0.05) is 12.1 Å². The number of nitrogen functional groups attached to an aromatic ring is 1. The van der Waals surface area contributed by atoms with Gasteiger partial charge in [0.25, 0.3) is 5.91 Å². The highest BCUT2D eigenvalue weighted by Crippen LogP contribution is 2.13. The number of amides is 1. The van der Waals surface area contributed by atoms with Crippen molar-refractivity contribution in [3.63, 3.8) is 0 Å². The van der Waals surface area contributed by atoms with Crippen molar-refractivity contribution in [1.82, 2.24) is 5.43 Å². The number of hydrogen-bond acceptors (Lipinski definition) is 4. The van der Waals surface area contributed by atoms with E-state index in [9.17, 15) is 4.79 Å². The fourth-order valence-corrected chi connectivity index (χ4v) is 1.45. The highest BCUT2D eigenvalue weighted by molar-refractivity contribution is 5.93. The van der Waals surface area contributed by atoms with Crippen LogP contribution in [0.2, 0.25) is 0 Å². The fourth-order valence-electron chi connectivity index (χ4n) is 1.45. The molecule has 106 valence electrons. The summed E-state index contributed by atoms with van der Waals surface area (Å²) < 4.78 is 10.9. The molecule has 19 heavy (non-hydrogen) atoms. The molecule has 1 aromatic rings.